The third-order valence-corrected chi connectivity index (χ3v) is 5.31. The highest BCUT2D eigenvalue weighted by molar-refractivity contribution is 7.16. The highest BCUT2D eigenvalue weighted by Crippen LogP contribution is 2.38. The first-order valence-corrected chi connectivity index (χ1v) is 9.24. The third-order valence-electron chi connectivity index (χ3n) is 4.14. The smallest absolute Gasteiger partial charge is 0.409 e. The molecule has 2 heterocycles. The largest absolute Gasteiger partial charge is 0.465 e. The Morgan fingerprint density at radius 1 is 1.48 bits per heavy atom. The van der Waals surface area contributed by atoms with Gasteiger partial charge in [0.1, 0.15) is 22.9 Å². The normalized spacial score (nSPS) is 15.8. The summed E-state index contributed by atoms with van der Waals surface area (Å²) in [7, 11) is 3.28. The summed E-state index contributed by atoms with van der Waals surface area (Å²) in [5, 5.41) is 12.8. The summed E-state index contributed by atoms with van der Waals surface area (Å²) in [6, 6.07) is 5.66. The highest BCUT2D eigenvalue weighted by atomic mass is 32.1. The van der Waals surface area contributed by atoms with E-state index in [-0.39, 0.29) is 18.1 Å². The van der Waals surface area contributed by atoms with Gasteiger partial charge in [-0.05, 0) is 36.6 Å². The lowest BCUT2D eigenvalue weighted by atomic mass is 9.94. The van der Waals surface area contributed by atoms with Crippen LogP contribution in [0.15, 0.2) is 28.9 Å². The van der Waals surface area contributed by atoms with Gasteiger partial charge in [-0.2, -0.15) is 5.26 Å². The molecule has 0 radical (unpaired) electrons. The van der Waals surface area contributed by atoms with E-state index in [9.17, 15) is 14.9 Å². The SMILES string of the molecule is CN(C)C(=O)OC1CCc2c(sc(NC(=O)C=Cc3ccco3)c2C#N)C1. The van der Waals surface area contributed by atoms with Gasteiger partial charge in [0.15, 0.2) is 0 Å². The van der Waals surface area contributed by atoms with Gasteiger partial charge in [-0.1, -0.05) is 0 Å². The zero-order valence-corrected chi connectivity index (χ0v) is 15.8. The van der Waals surface area contributed by atoms with Crippen molar-refractivity contribution >= 4 is 34.4 Å². The molecule has 2 aromatic rings. The molecule has 2 aromatic heterocycles. The summed E-state index contributed by atoms with van der Waals surface area (Å²) in [4.78, 5) is 26.3. The number of nitrogens with one attached hydrogen (secondary N) is 1. The van der Waals surface area contributed by atoms with Gasteiger partial charge >= 0.3 is 6.09 Å². The molecular weight excluding hydrogens is 366 g/mol. The van der Waals surface area contributed by atoms with E-state index in [1.807, 2.05) is 0 Å². The lowest BCUT2D eigenvalue weighted by Gasteiger charge is -2.24. The number of hydrogen-bond donors (Lipinski definition) is 1. The molecule has 1 N–H and O–H groups in total. The maximum atomic E-state index is 12.2. The van der Waals surface area contributed by atoms with Crippen molar-refractivity contribution in [1.82, 2.24) is 4.90 Å². The van der Waals surface area contributed by atoms with Crippen LogP contribution in [0.1, 0.15) is 28.2 Å². The van der Waals surface area contributed by atoms with Crippen LogP contribution in [-0.2, 0) is 22.4 Å². The van der Waals surface area contributed by atoms with Crippen LogP contribution in [0.3, 0.4) is 0 Å². The summed E-state index contributed by atoms with van der Waals surface area (Å²) in [6.07, 6.45) is 5.69. The molecule has 0 bridgehead atoms. The lowest BCUT2D eigenvalue weighted by molar-refractivity contribution is -0.111. The number of nitrogens with zero attached hydrogens (tertiary/aromatic N) is 2. The highest BCUT2D eigenvalue weighted by Gasteiger charge is 2.28. The molecule has 0 saturated heterocycles. The van der Waals surface area contributed by atoms with E-state index in [1.54, 1.807) is 32.3 Å². The number of amides is 2. The molecule has 27 heavy (non-hydrogen) atoms. The summed E-state index contributed by atoms with van der Waals surface area (Å²) >= 11 is 1.36. The van der Waals surface area contributed by atoms with Gasteiger partial charge in [-0.15, -0.1) is 11.3 Å². The Bertz CT molecular complexity index is 906. The predicted molar refractivity (Wildman–Crippen MR) is 101 cm³/mol. The zero-order chi connectivity index (χ0) is 19.4. The molecule has 0 spiro atoms. The molecular formula is C19H19N3O4S. The number of carbonyl (C=O) groups excluding carboxylic acids is 2. The van der Waals surface area contributed by atoms with E-state index in [1.165, 1.54) is 28.6 Å². The molecule has 1 aliphatic carbocycles. The van der Waals surface area contributed by atoms with Crippen molar-refractivity contribution in [2.75, 3.05) is 19.4 Å². The van der Waals surface area contributed by atoms with Crippen molar-refractivity contribution in [2.45, 2.75) is 25.4 Å². The Morgan fingerprint density at radius 2 is 2.30 bits per heavy atom. The average molecular weight is 385 g/mol. The molecule has 140 valence electrons. The first-order valence-electron chi connectivity index (χ1n) is 8.43. The van der Waals surface area contributed by atoms with Crippen LogP contribution in [0.25, 0.3) is 6.08 Å². The molecule has 8 heteroatoms. The average Bonchev–Trinajstić information content (AvgIpc) is 3.26. The van der Waals surface area contributed by atoms with Crippen molar-refractivity contribution in [3.05, 3.63) is 46.2 Å². The molecule has 1 atom stereocenters. The van der Waals surface area contributed by atoms with Gasteiger partial charge < -0.3 is 19.4 Å². The molecule has 0 aliphatic heterocycles. The van der Waals surface area contributed by atoms with Crippen LogP contribution in [-0.4, -0.2) is 37.1 Å². The van der Waals surface area contributed by atoms with Crippen LogP contribution in [0.4, 0.5) is 9.80 Å². The van der Waals surface area contributed by atoms with Crippen LogP contribution >= 0.6 is 11.3 Å². The van der Waals surface area contributed by atoms with E-state index in [0.717, 1.165) is 10.4 Å². The van der Waals surface area contributed by atoms with Crippen molar-refractivity contribution < 1.29 is 18.7 Å². The Kier molecular flexibility index (Phi) is 5.62. The number of ether oxygens (including phenoxy) is 1. The van der Waals surface area contributed by atoms with Gasteiger partial charge in [0.2, 0.25) is 5.91 Å². The molecule has 7 nitrogen and oxygen atoms in total. The topological polar surface area (TPSA) is 95.6 Å². The number of anilines is 1. The quantitative estimate of drug-likeness (QED) is 0.814. The predicted octanol–water partition coefficient (Wildman–Crippen LogP) is 3.42. The minimum Gasteiger partial charge on any atom is -0.465 e. The van der Waals surface area contributed by atoms with Gasteiger partial charge in [-0.3, -0.25) is 4.79 Å². The van der Waals surface area contributed by atoms with Gasteiger partial charge in [-0.25, -0.2) is 4.79 Å². The van der Waals surface area contributed by atoms with Crippen molar-refractivity contribution in [1.29, 1.82) is 5.26 Å². The van der Waals surface area contributed by atoms with E-state index >= 15 is 0 Å². The van der Waals surface area contributed by atoms with Gasteiger partial charge in [0.05, 0.1) is 11.8 Å². The second-order valence-corrected chi connectivity index (χ2v) is 7.41. The van der Waals surface area contributed by atoms with E-state index in [0.29, 0.717) is 35.6 Å². The fourth-order valence-corrected chi connectivity index (χ4v) is 4.07. The minimum absolute atomic E-state index is 0.222. The monoisotopic (exact) mass is 385 g/mol. The Labute approximate surface area is 160 Å². The third kappa shape index (κ3) is 4.38. The summed E-state index contributed by atoms with van der Waals surface area (Å²) in [5.41, 5.74) is 1.43. The number of carbonyl (C=O) groups is 2. The second kappa shape index (κ2) is 8.10. The lowest BCUT2D eigenvalue weighted by Crippen LogP contribution is -2.31. The summed E-state index contributed by atoms with van der Waals surface area (Å²) in [6.45, 7) is 0. The second-order valence-electron chi connectivity index (χ2n) is 6.30. The number of fused-ring (bicyclic) bond motifs is 1. The Hall–Kier alpha value is -3.05. The van der Waals surface area contributed by atoms with Crippen LogP contribution < -0.4 is 5.32 Å². The van der Waals surface area contributed by atoms with Crippen LogP contribution in [0.2, 0.25) is 0 Å². The van der Waals surface area contributed by atoms with Crippen molar-refractivity contribution in [3.63, 3.8) is 0 Å². The molecule has 2 amide bonds. The molecule has 1 unspecified atom stereocenters. The zero-order valence-electron chi connectivity index (χ0n) is 15.0. The molecule has 0 saturated carbocycles. The standard InChI is InChI=1S/C19H19N3O4S/c1-22(2)19(24)26-13-5-7-14-15(11-20)18(27-16(14)10-13)21-17(23)8-6-12-4-3-9-25-12/h3-4,6,8-9,13H,5,7,10H2,1-2H3,(H,21,23). The minimum atomic E-state index is -0.378. The number of nitriles is 1. The first kappa shape index (κ1) is 18.7. The maximum Gasteiger partial charge on any atom is 0.409 e. The van der Waals surface area contributed by atoms with E-state index < -0.39 is 0 Å². The number of thiophene rings is 1. The fraction of sp³-hybridized carbons (Fsp3) is 0.316. The van der Waals surface area contributed by atoms with Crippen LogP contribution in [0.5, 0.6) is 0 Å². The molecule has 0 fully saturated rings. The van der Waals surface area contributed by atoms with Gasteiger partial charge in [0, 0.05) is 31.5 Å². The number of rotatable bonds is 4. The van der Waals surface area contributed by atoms with Crippen molar-refractivity contribution in [3.8, 4) is 6.07 Å². The molecule has 1 aliphatic rings. The summed E-state index contributed by atoms with van der Waals surface area (Å²) < 4.78 is 10.6. The maximum absolute atomic E-state index is 12.2. The number of hydrogen-bond acceptors (Lipinski definition) is 6. The van der Waals surface area contributed by atoms with Crippen LogP contribution in [0, 0.1) is 11.3 Å². The fourth-order valence-electron chi connectivity index (χ4n) is 2.81. The van der Waals surface area contributed by atoms with E-state index in [4.69, 9.17) is 9.15 Å². The van der Waals surface area contributed by atoms with E-state index in [2.05, 4.69) is 11.4 Å². The molecule has 3 rings (SSSR count). The number of furan rings is 1. The molecule has 0 aromatic carbocycles. The van der Waals surface area contributed by atoms with Crippen molar-refractivity contribution in [2.24, 2.45) is 0 Å². The Morgan fingerprint density at radius 3 is 2.96 bits per heavy atom. The Balaban J connectivity index is 1.71. The first-order chi connectivity index (χ1) is 13.0. The summed E-state index contributed by atoms with van der Waals surface area (Å²) in [5.74, 6) is 0.235. The van der Waals surface area contributed by atoms with Gasteiger partial charge in [0.25, 0.3) is 0 Å².